The van der Waals surface area contributed by atoms with Crippen LogP contribution in [0.4, 0.5) is 5.82 Å². The van der Waals surface area contributed by atoms with Gasteiger partial charge in [-0.3, -0.25) is 9.78 Å². The molecule has 1 aliphatic rings. The van der Waals surface area contributed by atoms with Crippen molar-refractivity contribution in [2.45, 2.75) is 26.5 Å². The molecule has 2 heterocycles. The summed E-state index contributed by atoms with van der Waals surface area (Å²) in [5.74, 6) is 0.801. The van der Waals surface area contributed by atoms with Gasteiger partial charge >= 0.3 is 0 Å². The number of nitrogens with one attached hydrogen (secondary N) is 2. The molecule has 0 spiro atoms. The van der Waals surface area contributed by atoms with Crippen molar-refractivity contribution in [1.82, 2.24) is 9.97 Å². The van der Waals surface area contributed by atoms with Crippen molar-refractivity contribution in [3.63, 3.8) is 0 Å². The molecule has 2 rings (SSSR count). The number of hydrogen-bond donors (Lipinski definition) is 2. The van der Waals surface area contributed by atoms with Crippen molar-refractivity contribution in [1.29, 1.82) is 0 Å². The molecule has 0 saturated heterocycles. The molecule has 1 aromatic rings. The fourth-order valence-corrected chi connectivity index (χ4v) is 2.26. The Hall–Kier alpha value is -1.14. The number of ether oxygens (including phenoxy) is 1. The molecule has 0 radical (unpaired) electrons. The topological polar surface area (TPSA) is 61.1 Å². The van der Waals surface area contributed by atoms with E-state index in [4.69, 9.17) is 17.0 Å². The zero-order chi connectivity index (χ0) is 11.7. The van der Waals surface area contributed by atoms with Gasteiger partial charge in [0.25, 0.3) is 5.56 Å². The Morgan fingerprint density at radius 2 is 2.25 bits per heavy atom. The maximum atomic E-state index is 11.7. The first kappa shape index (κ1) is 11.3. The summed E-state index contributed by atoms with van der Waals surface area (Å²) < 4.78 is 5.96. The SMILES string of the molecule is CCOC1Cc2c([nH]c(=S)[nH]c2=O)N1CC. The van der Waals surface area contributed by atoms with E-state index >= 15 is 0 Å². The number of anilines is 1. The lowest BCUT2D eigenvalue weighted by atomic mass is 10.2. The summed E-state index contributed by atoms with van der Waals surface area (Å²) in [5, 5.41) is 0. The summed E-state index contributed by atoms with van der Waals surface area (Å²) in [4.78, 5) is 19.4. The number of fused-ring (bicyclic) bond motifs is 1. The van der Waals surface area contributed by atoms with Gasteiger partial charge in [-0.1, -0.05) is 0 Å². The Kier molecular flexibility index (Phi) is 3.11. The Bertz CT molecular complexity index is 494. The van der Waals surface area contributed by atoms with Crippen LogP contribution in [-0.2, 0) is 11.2 Å². The predicted molar refractivity (Wildman–Crippen MR) is 64.4 cm³/mol. The van der Waals surface area contributed by atoms with E-state index in [-0.39, 0.29) is 11.8 Å². The highest BCUT2D eigenvalue weighted by molar-refractivity contribution is 7.71. The molecule has 1 atom stereocenters. The van der Waals surface area contributed by atoms with Crippen LogP contribution >= 0.6 is 12.2 Å². The van der Waals surface area contributed by atoms with E-state index in [1.165, 1.54) is 0 Å². The van der Waals surface area contributed by atoms with Gasteiger partial charge in [0.1, 0.15) is 12.0 Å². The highest BCUT2D eigenvalue weighted by Gasteiger charge is 2.31. The van der Waals surface area contributed by atoms with Gasteiger partial charge in [0.15, 0.2) is 4.77 Å². The number of rotatable bonds is 3. The second-order valence-electron chi connectivity index (χ2n) is 3.64. The van der Waals surface area contributed by atoms with Crippen molar-refractivity contribution >= 4 is 18.0 Å². The Morgan fingerprint density at radius 3 is 2.88 bits per heavy atom. The third-order valence-corrected chi connectivity index (χ3v) is 2.94. The summed E-state index contributed by atoms with van der Waals surface area (Å²) >= 11 is 4.97. The van der Waals surface area contributed by atoms with Gasteiger partial charge in [0.2, 0.25) is 0 Å². The van der Waals surface area contributed by atoms with Crippen LogP contribution in [0.2, 0.25) is 0 Å². The van der Waals surface area contributed by atoms with Gasteiger partial charge in [0.05, 0.1) is 5.56 Å². The normalized spacial score (nSPS) is 18.9. The number of aromatic nitrogens is 2. The van der Waals surface area contributed by atoms with Gasteiger partial charge < -0.3 is 14.6 Å². The van der Waals surface area contributed by atoms with Crippen molar-refractivity contribution in [2.24, 2.45) is 0 Å². The monoisotopic (exact) mass is 241 g/mol. The van der Waals surface area contributed by atoms with Crippen LogP contribution < -0.4 is 10.5 Å². The summed E-state index contributed by atoms with van der Waals surface area (Å²) in [6.07, 6.45) is 0.553. The average molecular weight is 241 g/mol. The fraction of sp³-hybridized carbons (Fsp3) is 0.600. The average Bonchev–Trinajstić information content (AvgIpc) is 2.56. The number of aromatic amines is 2. The molecule has 1 aromatic heterocycles. The van der Waals surface area contributed by atoms with E-state index in [1.54, 1.807) is 0 Å². The minimum Gasteiger partial charge on any atom is -0.358 e. The van der Waals surface area contributed by atoms with Crippen LogP contribution in [0.25, 0.3) is 0 Å². The van der Waals surface area contributed by atoms with Gasteiger partial charge in [-0.15, -0.1) is 0 Å². The van der Waals surface area contributed by atoms with Crippen LogP contribution in [0, 0.1) is 4.77 Å². The molecule has 16 heavy (non-hydrogen) atoms. The van der Waals surface area contributed by atoms with E-state index in [2.05, 4.69) is 9.97 Å². The molecule has 0 saturated carbocycles. The van der Waals surface area contributed by atoms with Crippen LogP contribution in [0.15, 0.2) is 4.79 Å². The van der Waals surface area contributed by atoms with E-state index in [0.717, 1.165) is 17.9 Å². The minimum atomic E-state index is -0.112. The molecule has 0 bridgehead atoms. The van der Waals surface area contributed by atoms with Crippen LogP contribution in [0.5, 0.6) is 0 Å². The molecule has 0 amide bonds. The first-order valence-electron chi connectivity index (χ1n) is 5.41. The highest BCUT2D eigenvalue weighted by atomic mass is 32.1. The van der Waals surface area contributed by atoms with Crippen molar-refractivity contribution < 1.29 is 4.74 Å². The van der Waals surface area contributed by atoms with Crippen LogP contribution in [0.1, 0.15) is 19.4 Å². The van der Waals surface area contributed by atoms with Crippen LogP contribution in [0.3, 0.4) is 0 Å². The van der Waals surface area contributed by atoms with Gasteiger partial charge in [-0.25, -0.2) is 0 Å². The molecule has 6 heteroatoms. The number of nitrogens with zero attached hydrogens (tertiary/aromatic N) is 1. The molecule has 88 valence electrons. The van der Waals surface area contributed by atoms with E-state index in [0.29, 0.717) is 17.8 Å². The lowest BCUT2D eigenvalue weighted by Gasteiger charge is -2.24. The standard InChI is InChI=1S/C10H15N3O2S/c1-3-13-7(15-4-2)5-6-8(13)11-10(16)12-9(6)14/h7H,3-5H2,1-2H3,(H2,11,12,14,16). The van der Waals surface area contributed by atoms with Gasteiger partial charge in [-0.2, -0.15) is 0 Å². The van der Waals surface area contributed by atoms with E-state index in [1.807, 2.05) is 18.7 Å². The van der Waals surface area contributed by atoms with E-state index < -0.39 is 0 Å². The highest BCUT2D eigenvalue weighted by Crippen LogP contribution is 2.27. The maximum Gasteiger partial charge on any atom is 0.257 e. The maximum absolute atomic E-state index is 11.7. The zero-order valence-corrected chi connectivity index (χ0v) is 10.2. The lowest BCUT2D eigenvalue weighted by Crippen LogP contribution is -2.34. The number of hydrogen-bond acceptors (Lipinski definition) is 4. The molecule has 0 aromatic carbocycles. The quantitative estimate of drug-likeness (QED) is 0.780. The third kappa shape index (κ3) is 1.78. The lowest BCUT2D eigenvalue weighted by molar-refractivity contribution is 0.0672. The summed E-state index contributed by atoms with van der Waals surface area (Å²) in [5.41, 5.74) is 0.619. The number of likely N-dealkylation sites (N-methyl/N-ethyl adjacent to an activating group) is 1. The second-order valence-corrected chi connectivity index (χ2v) is 4.04. The predicted octanol–water partition coefficient (Wildman–Crippen LogP) is 1.18. The smallest absolute Gasteiger partial charge is 0.257 e. The van der Waals surface area contributed by atoms with Gasteiger partial charge in [0, 0.05) is 19.6 Å². The molecule has 1 unspecified atom stereocenters. The third-order valence-electron chi connectivity index (χ3n) is 2.73. The zero-order valence-electron chi connectivity index (χ0n) is 9.37. The summed E-state index contributed by atoms with van der Waals surface area (Å²) in [7, 11) is 0. The second kappa shape index (κ2) is 4.39. The number of H-pyrrole nitrogens is 2. The summed E-state index contributed by atoms with van der Waals surface area (Å²) in [6.45, 7) is 5.39. The summed E-state index contributed by atoms with van der Waals surface area (Å²) in [6, 6.07) is 0. The first-order chi connectivity index (χ1) is 7.67. The van der Waals surface area contributed by atoms with Crippen LogP contribution in [-0.4, -0.2) is 29.3 Å². The fourth-order valence-electron chi connectivity index (χ4n) is 2.07. The Morgan fingerprint density at radius 1 is 1.50 bits per heavy atom. The molecular formula is C10H15N3O2S. The largest absolute Gasteiger partial charge is 0.358 e. The first-order valence-corrected chi connectivity index (χ1v) is 5.81. The molecule has 1 aliphatic heterocycles. The van der Waals surface area contributed by atoms with Crippen molar-refractivity contribution in [2.75, 3.05) is 18.1 Å². The molecule has 2 N–H and O–H groups in total. The molecule has 0 aliphatic carbocycles. The van der Waals surface area contributed by atoms with Crippen molar-refractivity contribution in [3.8, 4) is 0 Å². The van der Waals surface area contributed by atoms with Gasteiger partial charge in [-0.05, 0) is 26.1 Å². The molecular weight excluding hydrogens is 226 g/mol. The minimum absolute atomic E-state index is 0.0563. The Balaban J connectivity index is 2.46. The van der Waals surface area contributed by atoms with E-state index in [9.17, 15) is 4.79 Å². The Labute approximate surface area is 98.4 Å². The van der Waals surface area contributed by atoms with Crippen molar-refractivity contribution in [3.05, 3.63) is 20.7 Å². The molecule has 5 nitrogen and oxygen atoms in total. The molecule has 0 fully saturated rings.